The smallest absolute Gasteiger partial charge is 0.222 e. The van der Waals surface area contributed by atoms with Gasteiger partial charge in [0.1, 0.15) is 11.9 Å². The first kappa shape index (κ1) is 14.2. The Kier molecular flexibility index (Phi) is 3.88. The van der Waals surface area contributed by atoms with E-state index >= 15 is 0 Å². The van der Waals surface area contributed by atoms with E-state index in [1.807, 2.05) is 0 Å². The van der Waals surface area contributed by atoms with Gasteiger partial charge in [-0.1, -0.05) is 0 Å². The van der Waals surface area contributed by atoms with Crippen LogP contribution in [0.4, 0.5) is 11.8 Å². The van der Waals surface area contributed by atoms with Gasteiger partial charge in [0.2, 0.25) is 5.95 Å². The normalized spacial score (nSPS) is 28.6. The molecule has 3 heterocycles. The van der Waals surface area contributed by atoms with Crippen LogP contribution >= 0.6 is 0 Å². The minimum Gasteiger partial charge on any atom is -0.375 e. The topological polar surface area (TPSA) is 73.5 Å². The Labute approximate surface area is 131 Å². The van der Waals surface area contributed by atoms with E-state index in [4.69, 9.17) is 15.2 Å². The van der Waals surface area contributed by atoms with Gasteiger partial charge in [-0.05, 0) is 38.5 Å². The van der Waals surface area contributed by atoms with Crippen molar-refractivity contribution < 1.29 is 9.47 Å². The van der Waals surface area contributed by atoms with E-state index in [2.05, 4.69) is 14.9 Å². The summed E-state index contributed by atoms with van der Waals surface area (Å²) in [5.74, 6) is 1.43. The predicted octanol–water partition coefficient (Wildman–Crippen LogP) is 1.32. The molecule has 2 saturated heterocycles. The molecule has 22 heavy (non-hydrogen) atoms. The van der Waals surface area contributed by atoms with Crippen LogP contribution in [0, 0.1) is 0 Å². The molecule has 2 unspecified atom stereocenters. The van der Waals surface area contributed by atoms with Gasteiger partial charge in [0.15, 0.2) is 0 Å². The number of hydrogen-bond acceptors (Lipinski definition) is 6. The third-order valence-corrected chi connectivity index (χ3v) is 4.95. The highest BCUT2D eigenvalue weighted by atomic mass is 16.5. The van der Waals surface area contributed by atoms with Gasteiger partial charge >= 0.3 is 0 Å². The first-order valence-corrected chi connectivity index (χ1v) is 8.44. The maximum absolute atomic E-state index is 5.95. The van der Waals surface area contributed by atoms with E-state index in [9.17, 15) is 0 Å². The Bertz CT molecular complexity index is 545. The van der Waals surface area contributed by atoms with Gasteiger partial charge in [-0.25, -0.2) is 4.98 Å². The maximum atomic E-state index is 5.95. The summed E-state index contributed by atoms with van der Waals surface area (Å²) in [5, 5.41) is 0. The molecule has 0 saturated carbocycles. The summed E-state index contributed by atoms with van der Waals surface area (Å²) < 4.78 is 11.8. The number of nitrogens with two attached hydrogens (primary N) is 1. The molecule has 0 aromatic carbocycles. The molecule has 120 valence electrons. The van der Waals surface area contributed by atoms with Crippen molar-refractivity contribution in [3.8, 4) is 0 Å². The summed E-state index contributed by atoms with van der Waals surface area (Å²) in [6.45, 7) is 3.29. The van der Waals surface area contributed by atoms with Gasteiger partial charge in [-0.15, -0.1) is 0 Å². The van der Waals surface area contributed by atoms with Crippen LogP contribution in [0.2, 0.25) is 0 Å². The SMILES string of the molecule is Nc1nc2c(c(N3CCOC(C4CCCO4)C3)n1)CCCC2. The Balaban J connectivity index is 1.59. The quantitative estimate of drug-likeness (QED) is 0.888. The van der Waals surface area contributed by atoms with E-state index in [0.717, 1.165) is 63.5 Å². The Morgan fingerprint density at radius 2 is 1.86 bits per heavy atom. The summed E-state index contributed by atoms with van der Waals surface area (Å²) >= 11 is 0. The van der Waals surface area contributed by atoms with Crippen LogP contribution in [0.3, 0.4) is 0 Å². The molecule has 2 atom stereocenters. The zero-order valence-corrected chi connectivity index (χ0v) is 13.0. The number of hydrogen-bond donors (Lipinski definition) is 1. The van der Waals surface area contributed by atoms with Crippen molar-refractivity contribution in [2.24, 2.45) is 0 Å². The molecule has 2 aliphatic heterocycles. The zero-order chi connectivity index (χ0) is 14.9. The molecule has 1 aliphatic carbocycles. The fourth-order valence-electron chi connectivity index (χ4n) is 3.84. The second kappa shape index (κ2) is 6.01. The number of morpholine rings is 1. The molecule has 3 aliphatic rings. The van der Waals surface area contributed by atoms with Gasteiger partial charge < -0.3 is 20.1 Å². The number of nitrogen functional groups attached to an aromatic ring is 1. The highest BCUT2D eigenvalue weighted by molar-refractivity contribution is 5.53. The third kappa shape index (κ3) is 2.65. The summed E-state index contributed by atoms with van der Waals surface area (Å²) in [6.07, 6.45) is 7.12. The van der Waals surface area contributed by atoms with Crippen LogP contribution in [-0.4, -0.2) is 48.5 Å². The van der Waals surface area contributed by atoms with Crippen molar-refractivity contribution in [1.82, 2.24) is 9.97 Å². The van der Waals surface area contributed by atoms with Crippen LogP contribution in [0.15, 0.2) is 0 Å². The molecular formula is C16H24N4O2. The summed E-state index contributed by atoms with van der Waals surface area (Å²) in [4.78, 5) is 11.3. The summed E-state index contributed by atoms with van der Waals surface area (Å²) in [7, 11) is 0. The predicted molar refractivity (Wildman–Crippen MR) is 84.0 cm³/mol. The fraction of sp³-hybridized carbons (Fsp3) is 0.750. The van der Waals surface area contributed by atoms with Crippen LogP contribution in [0.1, 0.15) is 36.9 Å². The summed E-state index contributed by atoms with van der Waals surface area (Å²) in [6, 6.07) is 0. The summed E-state index contributed by atoms with van der Waals surface area (Å²) in [5.41, 5.74) is 8.39. The van der Waals surface area contributed by atoms with E-state index in [0.29, 0.717) is 5.95 Å². The molecular weight excluding hydrogens is 280 g/mol. The van der Waals surface area contributed by atoms with Crippen LogP contribution in [0.5, 0.6) is 0 Å². The monoisotopic (exact) mass is 304 g/mol. The first-order valence-electron chi connectivity index (χ1n) is 8.44. The van der Waals surface area contributed by atoms with E-state index < -0.39 is 0 Å². The van der Waals surface area contributed by atoms with E-state index in [-0.39, 0.29) is 12.2 Å². The maximum Gasteiger partial charge on any atom is 0.222 e. The lowest BCUT2D eigenvalue weighted by molar-refractivity contribution is -0.0544. The first-order chi connectivity index (χ1) is 10.8. The van der Waals surface area contributed by atoms with Gasteiger partial charge in [-0.3, -0.25) is 0 Å². The molecule has 6 nitrogen and oxygen atoms in total. The molecule has 1 aromatic rings. The number of anilines is 2. The van der Waals surface area contributed by atoms with Crippen molar-refractivity contribution >= 4 is 11.8 Å². The Morgan fingerprint density at radius 1 is 1.00 bits per heavy atom. The van der Waals surface area contributed by atoms with Crippen molar-refractivity contribution in [2.75, 3.05) is 36.9 Å². The van der Waals surface area contributed by atoms with E-state index in [1.54, 1.807) is 0 Å². The van der Waals surface area contributed by atoms with Gasteiger partial charge in [0.25, 0.3) is 0 Å². The van der Waals surface area contributed by atoms with Gasteiger partial charge in [0, 0.05) is 25.3 Å². The molecule has 6 heteroatoms. The minimum absolute atomic E-state index is 0.145. The van der Waals surface area contributed by atoms with E-state index in [1.165, 1.54) is 18.4 Å². The number of nitrogens with zero attached hydrogens (tertiary/aromatic N) is 3. The van der Waals surface area contributed by atoms with Gasteiger partial charge in [-0.2, -0.15) is 4.98 Å². The molecule has 4 rings (SSSR count). The Hall–Kier alpha value is -1.40. The average molecular weight is 304 g/mol. The number of aryl methyl sites for hydroxylation is 1. The highest BCUT2D eigenvalue weighted by Gasteiger charge is 2.33. The van der Waals surface area contributed by atoms with Crippen molar-refractivity contribution in [2.45, 2.75) is 50.7 Å². The lowest BCUT2D eigenvalue weighted by Gasteiger charge is -2.37. The largest absolute Gasteiger partial charge is 0.375 e. The molecule has 0 bridgehead atoms. The number of fused-ring (bicyclic) bond motifs is 1. The average Bonchev–Trinajstić information content (AvgIpc) is 3.09. The fourth-order valence-corrected chi connectivity index (χ4v) is 3.84. The van der Waals surface area contributed by atoms with Crippen LogP contribution in [-0.2, 0) is 22.3 Å². The van der Waals surface area contributed by atoms with Gasteiger partial charge in [0.05, 0.1) is 18.4 Å². The molecule has 2 fully saturated rings. The zero-order valence-electron chi connectivity index (χ0n) is 13.0. The second-order valence-corrected chi connectivity index (χ2v) is 6.44. The highest BCUT2D eigenvalue weighted by Crippen LogP contribution is 2.30. The minimum atomic E-state index is 0.145. The standard InChI is InChI=1S/C16H24N4O2/c17-16-18-12-5-2-1-4-11(12)15(19-16)20-7-9-22-14(10-20)13-6-3-8-21-13/h13-14H,1-10H2,(H2,17,18,19). The number of aromatic nitrogens is 2. The molecule has 2 N–H and O–H groups in total. The molecule has 0 radical (unpaired) electrons. The third-order valence-electron chi connectivity index (χ3n) is 4.95. The second-order valence-electron chi connectivity index (χ2n) is 6.44. The molecule has 0 spiro atoms. The van der Waals surface area contributed by atoms with Crippen molar-refractivity contribution in [3.05, 3.63) is 11.3 Å². The lowest BCUT2D eigenvalue weighted by atomic mass is 9.96. The number of rotatable bonds is 2. The molecule has 1 aromatic heterocycles. The molecule has 0 amide bonds. The van der Waals surface area contributed by atoms with Crippen molar-refractivity contribution in [3.63, 3.8) is 0 Å². The lowest BCUT2D eigenvalue weighted by Crippen LogP contribution is -2.48. The van der Waals surface area contributed by atoms with Crippen LogP contribution < -0.4 is 10.6 Å². The van der Waals surface area contributed by atoms with Crippen molar-refractivity contribution in [1.29, 1.82) is 0 Å². The van der Waals surface area contributed by atoms with Crippen LogP contribution in [0.25, 0.3) is 0 Å². The Morgan fingerprint density at radius 3 is 2.73 bits per heavy atom. The number of ether oxygens (including phenoxy) is 2.